The second-order valence-electron chi connectivity index (χ2n) is 2.80. The average molecular weight is 176 g/mol. The quantitative estimate of drug-likeness (QED) is 0.478. The van der Waals surface area contributed by atoms with Crippen molar-refractivity contribution in [2.24, 2.45) is 0 Å². The van der Waals surface area contributed by atoms with Crippen molar-refractivity contribution in [2.75, 3.05) is 0 Å². The Morgan fingerprint density at radius 3 is 2.17 bits per heavy atom. The summed E-state index contributed by atoms with van der Waals surface area (Å²) >= 11 is 0. The Labute approximate surface area is 70.9 Å². The zero-order chi connectivity index (χ0) is 9.72. The minimum atomic E-state index is -1.59. The fourth-order valence-corrected chi connectivity index (χ4v) is 0.587. The molecule has 0 aliphatic rings. The number of halogens is 1. The Morgan fingerprint density at radius 2 is 1.83 bits per heavy atom. The number of Topliss-reactive ketones (excluding diaryl/α,β-unsaturated/α-hetero) is 1. The highest BCUT2D eigenvalue weighted by atomic mass is 19.1. The standard InChI is InChI=1S/C8H13FO3/c1-5(2)12-8(11)4-7(10)6(3)9/h5-6H,4H2,1-3H3. The summed E-state index contributed by atoms with van der Waals surface area (Å²) in [6.07, 6.45) is -2.33. The Bertz CT molecular complexity index is 175. The van der Waals surface area contributed by atoms with Crippen molar-refractivity contribution < 1.29 is 18.7 Å². The van der Waals surface area contributed by atoms with Crippen LogP contribution in [0.4, 0.5) is 4.39 Å². The van der Waals surface area contributed by atoms with Gasteiger partial charge in [0.25, 0.3) is 0 Å². The van der Waals surface area contributed by atoms with Crippen LogP contribution in [0.15, 0.2) is 0 Å². The van der Waals surface area contributed by atoms with Crippen LogP contribution in [0.1, 0.15) is 27.2 Å². The van der Waals surface area contributed by atoms with Gasteiger partial charge in [0.15, 0.2) is 12.0 Å². The minimum absolute atomic E-state index is 0.264. The maximum atomic E-state index is 12.2. The summed E-state index contributed by atoms with van der Waals surface area (Å²) in [4.78, 5) is 21.4. The third-order valence-electron chi connectivity index (χ3n) is 1.13. The number of ether oxygens (including phenoxy) is 1. The van der Waals surface area contributed by atoms with Gasteiger partial charge in [-0.3, -0.25) is 9.59 Å². The van der Waals surface area contributed by atoms with Gasteiger partial charge >= 0.3 is 5.97 Å². The van der Waals surface area contributed by atoms with E-state index in [0.29, 0.717) is 0 Å². The second kappa shape index (κ2) is 4.85. The van der Waals surface area contributed by atoms with E-state index in [2.05, 4.69) is 4.74 Å². The van der Waals surface area contributed by atoms with Crippen LogP contribution in [-0.2, 0) is 14.3 Å². The zero-order valence-electron chi connectivity index (χ0n) is 7.46. The largest absolute Gasteiger partial charge is 0.463 e. The third kappa shape index (κ3) is 4.82. The van der Waals surface area contributed by atoms with Gasteiger partial charge in [-0.05, 0) is 20.8 Å². The van der Waals surface area contributed by atoms with E-state index in [9.17, 15) is 14.0 Å². The van der Waals surface area contributed by atoms with E-state index in [4.69, 9.17) is 0 Å². The molecule has 0 amide bonds. The Kier molecular flexibility index (Phi) is 4.47. The van der Waals surface area contributed by atoms with E-state index in [1.165, 1.54) is 0 Å². The molecule has 0 aliphatic heterocycles. The highest BCUT2D eigenvalue weighted by molar-refractivity contribution is 5.97. The molecule has 0 bridgehead atoms. The first-order valence-corrected chi connectivity index (χ1v) is 3.79. The van der Waals surface area contributed by atoms with Crippen molar-refractivity contribution in [2.45, 2.75) is 39.5 Å². The normalized spacial score (nSPS) is 12.8. The highest BCUT2D eigenvalue weighted by Gasteiger charge is 2.17. The smallest absolute Gasteiger partial charge is 0.313 e. The maximum absolute atomic E-state index is 12.2. The monoisotopic (exact) mass is 176 g/mol. The second-order valence-corrected chi connectivity index (χ2v) is 2.80. The predicted octanol–water partition coefficient (Wildman–Crippen LogP) is 1.26. The fraction of sp³-hybridized carbons (Fsp3) is 0.750. The van der Waals surface area contributed by atoms with Crippen molar-refractivity contribution in [3.8, 4) is 0 Å². The van der Waals surface area contributed by atoms with Gasteiger partial charge in [-0.15, -0.1) is 0 Å². The molecule has 12 heavy (non-hydrogen) atoms. The van der Waals surface area contributed by atoms with Crippen LogP contribution < -0.4 is 0 Å². The average Bonchev–Trinajstić information content (AvgIpc) is 1.84. The molecule has 0 aromatic carbocycles. The summed E-state index contributed by atoms with van der Waals surface area (Å²) in [5.41, 5.74) is 0. The van der Waals surface area contributed by atoms with Crippen LogP contribution in [0, 0.1) is 0 Å². The van der Waals surface area contributed by atoms with Crippen LogP contribution >= 0.6 is 0 Å². The molecule has 0 N–H and O–H groups in total. The van der Waals surface area contributed by atoms with Gasteiger partial charge < -0.3 is 4.74 Å². The number of hydrogen-bond acceptors (Lipinski definition) is 3. The number of ketones is 1. The summed E-state index contributed by atoms with van der Waals surface area (Å²) in [5, 5.41) is 0. The molecule has 0 saturated heterocycles. The molecule has 0 aliphatic carbocycles. The molecule has 0 saturated carbocycles. The van der Waals surface area contributed by atoms with Crippen molar-refractivity contribution in [1.29, 1.82) is 0 Å². The molecule has 1 unspecified atom stereocenters. The van der Waals surface area contributed by atoms with Gasteiger partial charge in [-0.25, -0.2) is 4.39 Å². The number of carbonyl (C=O) groups excluding carboxylic acids is 2. The summed E-state index contributed by atoms with van der Waals surface area (Å²) in [6.45, 7) is 4.44. The number of carbonyl (C=O) groups is 2. The van der Waals surface area contributed by atoms with Crippen LogP contribution in [-0.4, -0.2) is 24.0 Å². The fourth-order valence-electron chi connectivity index (χ4n) is 0.587. The lowest BCUT2D eigenvalue weighted by Gasteiger charge is -2.06. The van der Waals surface area contributed by atoms with E-state index in [1.807, 2.05) is 0 Å². The lowest BCUT2D eigenvalue weighted by molar-refractivity contribution is -0.150. The van der Waals surface area contributed by atoms with Crippen molar-refractivity contribution in [3.05, 3.63) is 0 Å². The molecule has 0 heterocycles. The van der Waals surface area contributed by atoms with Crippen LogP contribution in [0.5, 0.6) is 0 Å². The molecular formula is C8H13FO3. The maximum Gasteiger partial charge on any atom is 0.313 e. The Hall–Kier alpha value is -0.930. The molecule has 0 rings (SSSR count). The van der Waals surface area contributed by atoms with Crippen LogP contribution in [0.25, 0.3) is 0 Å². The van der Waals surface area contributed by atoms with Gasteiger partial charge in [0.05, 0.1) is 6.10 Å². The zero-order valence-corrected chi connectivity index (χ0v) is 7.46. The molecule has 1 atom stereocenters. The van der Waals surface area contributed by atoms with E-state index in [0.717, 1.165) is 6.92 Å². The molecule has 3 nitrogen and oxygen atoms in total. The predicted molar refractivity (Wildman–Crippen MR) is 41.4 cm³/mol. The number of rotatable bonds is 4. The highest BCUT2D eigenvalue weighted by Crippen LogP contribution is 1.99. The lowest BCUT2D eigenvalue weighted by Crippen LogP contribution is -2.20. The van der Waals surface area contributed by atoms with E-state index >= 15 is 0 Å². The molecule has 0 spiro atoms. The molecule has 0 aromatic rings. The third-order valence-corrected chi connectivity index (χ3v) is 1.13. The van der Waals surface area contributed by atoms with E-state index < -0.39 is 24.3 Å². The van der Waals surface area contributed by atoms with Gasteiger partial charge in [0.1, 0.15) is 6.42 Å². The van der Waals surface area contributed by atoms with E-state index in [-0.39, 0.29) is 6.10 Å². The molecule has 0 fully saturated rings. The van der Waals surface area contributed by atoms with Gasteiger partial charge in [0, 0.05) is 0 Å². The number of esters is 1. The van der Waals surface area contributed by atoms with Crippen LogP contribution in [0.3, 0.4) is 0 Å². The lowest BCUT2D eigenvalue weighted by atomic mass is 10.2. The van der Waals surface area contributed by atoms with Crippen molar-refractivity contribution >= 4 is 11.8 Å². The molecule has 4 heteroatoms. The topological polar surface area (TPSA) is 43.4 Å². The minimum Gasteiger partial charge on any atom is -0.463 e. The molecule has 70 valence electrons. The number of hydrogen-bond donors (Lipinski definition) is 0. The number of alkyl halides is 1. The van der Waals surface area contributed by atoms with E-state index in [1.54, 1.807) is 13.8 Å². The Morgan fingerprint density at radius 1 is 1.33 bits per heavy atom. The van der Waals surface area contributed by atoms with Gasteiger partial charge in [-0.2, -0.15) is 0 Å². The van der Waals surface area contributed by atoms with Crippen molar-refractivity contribution in [1.82, 2.24) is 0 Å². The first-order valence-electron chi connectivity index (χ1n) is 3.79. The Balaban J connectivity index is 3.77. The first kappa shape index (κ1) is 11.1. The summed E-state index contributed by atoms with van der Waals surface area (Å²) in [7, 11) is 0. The first-order chi connectivity index (χ1) is 5.43. The molecule has 0 radical (unpaired) electrons. The van der Waals surface area contributed by atoms with Gasteiger partial charge in [0.2, 0.25) is 0 Å². The summed E-state index contributed by atoms with van der Waals surface area (Å²) < 4.78 is 16.9. The summed E-state index contributed by atoms with van der Waals surface area (Å²) in [5.74, 6) is -1.40. The summed E-state index contributed by atoms with van der Waals surface area (Å²) in [6, 6.07) is 0. The SMILES string of the molecule is CC(C)OC(=O)CC(=O)C(C)F. The molecule has 0 aromatic heterocycles. The van der Waals surface area contributed by atoms with Gasteiger partial charge in [-0.1, -0.05) is 0 Å². The molecular weight excluding hydrogens is 163 g/mol. The van der Waals surface area contributed by atoms with Crippen LogP contribution in [0.2, 0.25) is 0 Å². The van der Waals surface area contributed by atoms with Crippen molar-refractivity contribution in [3.63, 3.8) is 0 Å².